The third-order valence-electron chi connectivity index (χ3n) is 11.3. The number of aromatic nitrogens is 3. The van der Waals surface area contributed by atoms with Crippen molar-refractivity contribution in [1.29, 1.82) is 0 Å². The van der Waals surface area contributed by atoms with Crippen molar-refractivity contribution in [2.45, 2.75) is 0 Å². The molecule has 0 amide bonds. The van der Waals surface area contributed by atoms with Crippen LogP contribution in [-0.2, 0) is 0 Å². The summed E-state index contributed by atoms with van der Waals surface area (Å²) in [5.74, 6) is 0.674. The van der Waals surface area contributed by atoms with Crippen LogP contribution >= 0.6 is 0 Å². The van der Waals surface area contributed by atoms with E-state index in [2.05, 4.69) is 199 Å². The summed E-state index contributed by atoms with van der Waals surface area (Å²) >= 11 is 0. The highest BCUT2D eigenvalue weighted by molar-refractivity contribution is 6.21. The van der Waals surface area contributed by atoms with E-state index in [0.29, 0.717) is 5.82 Å². The minimum Gasteiger partial charge on any atom is -0.264 e. The lowest BCUT2D eigenvalue weighted by molar-refractivity contribution is 1.19. The summed E-state index contributed by atoms with van der Waals surface area (Å²) in [6.45, 7) is 0. The molecule has 270 valence electrons. The van der Waals surface area contributed by atoms with Crippen molar-refractivity contribution in [3.05, 3.63) is 213 Å². The summed E-state index contributed by atoms with van der Waals surface area (Å²) in [5.41, 5.74) is 11.7. The van der Waals surface area contributed by atoms with Crippen LogP contribution in [0.3, 0.4) is 0 Å². The van der Waals surface area contributed by atoms with Gasteiger partial charge in [-0.3, -0.25) is 4.98 Å². The SMILES string of the molecule is c1ccc(-c2c3ccccc3c(-c3cccc(-c4nc(-c5cccc(-c6cccnc6)c5)cc(-c5cc6ccccc6c6ccccc56)n4)c3)c3ccccc23)cc1. The molecule has 0 spiro atoms. The fourth-order valence-electron chi connectivity index (χ4n) is 8.69. The molecule has 0 radical (unpaired) electrons. The summed E-state index contributed by atoms with van der Waals surface area (Å²) < 4.78 is 0. The predicted molar refractivity (Wildman–Crippen MR) is 242 cm³/mol. The first-order valence-corrected chi connectivity index (χ1v) is 19.7. The van der Waals surface area contributed by atoms with Crippen molar-refractivity contribution in [3.8, 4) is 67.3 Å². The summed E-state index contributed by atoms with van der Waals surface area (Å²) in [4.78, 5) is 15.2. The highest BCUT2D eigenvalue weighted by atomic mass is 14.9. The topological polar surface area (TPSA) is 38.7 Å². The first-order chi connectivity index (χ1) is 28.8. The molecular weight excluding hydrogens is 703 g/mol. The molecule has 3 nitrogen and oxygen atoms in total. The monoisotopic (exact) mass is 737 g/mol. The summed E-state index contributed by atoms with van der Waals surface area (Å²) in [7, 11) is 0. The molecule has 0 atom stereocenters. The van der Waals surface area contributed by atoms with Gasteiger partial charge in [0.2, 0.25) is 0 Å². The van der Waals surface area contributed by atoms with Crippen LogP contribution in [0, 0.1) is 0 Å². The van der Waals surface area contributed by atoms with Crippen molar-refractivity contribution in [1.82, 2.24) is 15.0 Å². The van der Waals surface area contributed by atoms with Gasteiger partial charge in [-0.1, -0.05) is 170 Å². The first-order valence-electron chi connectivity index (χ1n) is 19.7. The molecule has 9 aromatic carbocycles. The molecule has 0 N–H and O–H groups in total. The highest BCUT2D eigenvalue weighted by Gasteiger charge is 2.19. The standard InChI is InChI=1S/C55H35N3/c1-2-15-36(16-3-1)53-46-26-8-10-28-48(46)54(49-29-11-9-27-47(49)53)40-20-13-21-41(32-40)55-57-51(39-19-12-18-37(31-39)42-22-14-30-56-35-42)34-52(58-55)50-33-38-17-4-5-23-43(38)44-24-6-7-25-45(44)50/h1-35H. The molecule has 0 unspecified atom stereocenters. The summed E-state index contributed by atoms with van der Waals surface area (Å²) in [6.07, 6.45) is 3.71. The molecule has 3 heteroatoms. The van der Waals surface area contributed by atoms with Crippen LogP contribution < -0.4 is 0 Å². The highest BCUT2D eigenvalue weighted by Crippen LogP contribution is 2.44. The van der Waals surface area contributed by atoms with Gasteiger partial charge in [-0.2, -0.15) is 0 Å². The van der Waals surface area contributed by atoms with Crippen LogP contribution in [0.2, 0.25) is 0 Å². The maximum Gasteiger partial charge on any atom is 0.160 e. The van der Waals surface area contributed by atoms with Crippen molar-refractivity contribution >= 4 is 43.1 Å². The Bertz CT molecular complexity index is 3280. The van der Waals surface area contributed by atoms with Crippen LogP contribution in [0.15, 0.2) is 213 Å². The smallest absolute Gasteiger partial charge is 0.160 e. The van der Waals surface area contributed by atoms with E-state index in [-0.39, 0.29) is 0 Å². The normalized spacial score (nSPS) is 11.4. The van der Waals surface area contributed by atoms with Crippen molar-refractivity contribution in [2.24, 2.45) is 0 Å². The second kappa shape index (κ2) is 14.1. The van der Waals surface area contributed by atoms with Crippen LogP contribution in [0.4, 0.5) is 0 Å². The van der Waals surface area contributed by atoms with Gasteiger partial charge < -0.3 is 0 Å². The number of hydrogen-bond acceptors (Lipinski definition) is 3. The van der Waals surface area contributed by atoms with E-state index >= 15 is 0 Å². The second-order valence-corrected chi connectivity index (χ2v) is 14.8. The fourth-order valence-corrected chi connectivity index (χ4v) is 8.69. The maximum absolute atomic E-state index is 5.43. The number of rotatable bonds is 6. The van der Waals surface area contributed by atoms with Crippen LogP contribution in [0.25, 0.3) is 110 Å². The number of fused-ring (bicyclic) bond motifs is 5. The number of pyridine rings is 1. The Labute approximate surface area is 336 Å². The molecule has 0 saturated carbocycles. The lowest BCUT2D eigenvalue weighted by Gasteiger charge is -2.18. The summed E-state index contributed by atoms with van der Waals surface area (Å²) in [5, 5.41) is 9.64. The van der Waals surface area contributed by atoms with E-state index in [1.165, 1.54) is 54.4 Å². The van der Waals surface area contributed by atoms with Gasteiger partial charge in [0, 0.05) is 34.6 Å². The van der Waals surface area contributed by atoms with Crippen molar-refractivity contribution in [2.75, 3.05) is 0 Å². The van der Waals surface area contributed by atoms with Gasteiger partial charge in [0.25, 0.3) is 0 Å². The molecular formula is C55H35N3. The van der Waals surface area contributed by atoms with E-state index < -0.39 is 0 Å². The van der Waals surface area contributed by atoms with E-state index in [4.69, 9.17) is 9.97 Å². The van der Waals surface area contributed by atoms with Gasteiger partial charge in [0.05, 0.1) is 11.4 Å². The zero-order chi connectivity index (χ0) is 38.4. The Morgan fingerprint density at radius 3 is 1.52 bits per heavy atom. The number of benzene rings is 9. The molecule has 0 aliphatic rings. The van der Waals surface area contributed by atoms with Gasteiger partial charge in [-0.05, 0) is 101 Å². The van der Waals surface area contributed by atoms with Gasteiger partial charge >= 0.3 is 0 Å². The van der Waals surface area contributed by atoms with Crippen molar-refractivity contribution < 1.29 is 0 Å². The van der Waals surface area contributed by atoms with Gasteiger partial charge in [-0.15, -0.1) is 0 Å². The van der Waals surface area contributed by atoms with Crippen LogP contribution in [0.5, 0.6) is 0 Å². The van der Waals surface area contributed by atoms with E-state index in [1.54, 1.807) is 0 Å². The zero-order valence-corrected chi connectivity index (χ0v) is 31.5. The number of nitrogens with zero attached hydrogens (tertiary/aromatic N) is 3. The molecule has 58 heavy (non-hydrogen) atoms. The molecule has 0 fully saturated rings. The van der Waals surface area contributed by atoms with Crippen molar-refractivity contribution in [3.63, 3.8) is 0 Å². The van der Waals surface area contributed by atoms with Crippen LogP contribution in [-0.4, -0.2) is 15.0 Å². The molecule has 2 heterocycles. The molecule has 0 aliphatic carbocycles. The Morgan fingerprint density at radius 1 is 0.293 bits per heavy atom. The Morgan fingerprint density at radius 2 is 0.810 bits per heavy atom. The average Bonchev–Trinajstić information content (AvgIpc) is 3.31. The lowest BCUT2D eigenvalue weighted by Crippen LogP contribution is -1.97. The molecule has 0 saturated heterocycles. The molecule has 0 bridgehead atoms. The molecule has 0 aliphatic heterocycles. The maximum atomic E-state index is 5.43. The Hall–Kier alpha value is -7.75. The van der Waals surface area contributed by atoms with E-state index in [1.807, 2.05) is 18.5 Å². The van der Waals surface area contributed by atoms with Gasteiger partial charge in [0.1, 0.15) is 0 Å². The van der Waals surface area contributed by atoms with Gasteiger partial charge in [0.15, 0.2) is 5.82 Å². The third kappa shape index (κ3) is 5.80. The average molecular weight is 738 g/mol. The largest absolute Gasteiger partial charge is 0.264 e. The minimum absolute atomic E-state index is 0.674. The quantitative estimate of drug-likeness (QED) is 0.126. The van der Waals surface area contributed by atoms with E-state index in [9.17, 15) is 0 Å². The Balaban J connectivity index is 1.15. The molecule has 2 aromatic heterocycles. The summed E-state index contributed by atoms with van der Waals surface area (Å²) in [6, 6.07) is 71.4. The Kier molecular flexibility index (Phi) is 8.15. The molecule has 11 aromatic rings. The van der Waals surface area contributed by atoms with Gasteiger partial charge in [-0.25, -0.2) is 9.97 Å². The predicted octanol–water partition coefficient (Wildman–Crippen LogP) is 14.5. The fraction of sp³-hybridized carbons (Fsp3) is 0. The molecule has 11 rings (SSSR count). The minimum atomic E-state index is 0.674. The number of hydrogen-bond donors (Lipinski definition) is 0. The first kappa shape index (κ1) is 33.6. The van der Waals surface area contributed by atoms with E-state index in [0.717, 1.165) is 50.2 Å². The zero-order valence-electron chi connectivity index (χ0n) is 31.5. The second-order valence-electron chi connectivity index (χ2n) is 14.8. The lowest BCUT2D eigenvalue weighted by atomic mass is 9.85. The third-order valence-corrected chi connectivity index (χ3v) is 11.3. The van der Waals surface area contributed by atoms with Crippen LogP contribution in [0.1, 0.15) is 0 Å².